The quantitative estimate of drug-likeness (QED) is 0.459. The predicted molar refractivity (Wildman–Crippen MR) is 132 cm³/mol. The standard InChI is InChI=1S/C27H30N2O6/c1-16-7-9-19-18(13-16)15-22(35-19)25(30)23-24(17-8-10-20(33-4)21(14-17)34-5)29(27(32)26(23)31)12-6-11-28(2)3/h7-10,13-15,24,31H,6,11-12H2,1-5H3. The first-order chi connectivity index (χ1) is 16.7. The van der Waals surface area contributed by atoms with Crippen LogP contribution < -0.4 is 9.47 Å². The molecule has 4 rings (SSSR count). The van der Waals surface area contributed by atoms with Crippen LogP contribution in [0.25, 0.3) is 11.0 Å². The molecule has 8 heteroatoms. The van der Waals surface area contributed by atoms with Crippen molar-refractivity contribution in [2.45, 2.75) is 19.4 Å². The van der Waals surface area contributed by atoms with Crippen molar-refractivity contribution in [3.63, 3.8) is 0 Å². The van der Waals surface area contributed by atoms with Crippen LogP contribution in [0.2, 0.25) is 0 Å². The summed E-state index contributed by atoms with van der Waals surface area (Å²) in [5.41, 5.74) is 2.21. The number of nitrogens with zero attached hydrogens (tertiary/aromatic N) is 2. The number of fused-ring (bicyclic) bond motifs is 1. The van der Waals surface area contributed by atoms with Crippen molar-refractivity contribution in [3.05, 3.63) is 70.7 Å². The first kappa shape index (κ1) is 24.3. The van der Waals surface area contributed by atoms with Gasteiger partial charge in [-0.3, -0.25) is 9.59 Å². The van der Waals surface area contributed by atoms with Gasteiger partial charge in [0.25, 0.3) is 5.91 Å². The van der Waals surface area contributed by atoms with Crippen LogP contribution in [0.4, 0.5) is 0 Å². The Labute approximate surface area is 204 Å². The number of aliphatic hydroxyl groups is 1. The Balaban J connectivity index is 1.79. The minimum Gasteiger partial charge on any atom is -0.503 e. The summed E-state index contributed by atoms with van der Waals surface area (Å²) in [6.45, 7) is 3.06. The molecule has 0 saturated heterocycles. The van der Waals surface area contributed by atoms with Crippen molar-refractivity contribution in [2.24, 2.45) is 0 Å². The van der Waals surface area contributed by atoms with E-state index in [9.17, 15) is 14.7 Å². The van der Waals surface area contributed by atoms with Crippen molar-refractivity contribution in [3.8, 4) is 11.5 Å². The third-order valence-corrected chi connectivity index (χ3v) is 6.17. The van der Waals surface area contributed by atoms with Gasteiger partial charge in [0.1, 0.15) is 5.58 Å². The number of aliphatic hydroxyl groups excluding tert-OH is 1. The molecule has 1 aliphatic heterocycles. The average molecular weight is 479 g/mol. The smallest absolute Gasteiger partial charge is 0.290 e. The molecule has 0 fully saturated rings. The monoisotopic (exact) mass is 478 g/mol. The normalized spacial score (nSPS) is 16.0. The Morgan fingerprint density at radius 2 is 1.83 bits per heavy atom. The lowest BCUT2D eigenvalue weighted by molar-refractivity contribution is -0.129. The third kappa shape index (κ3) is 4.61. The summed E-state index contributed by atoms with van der Waals surface area (Å²) in [6.07, 6.45) is 0.668. The first-order valence-electron chi connectivity index (χ1n) is 11.4. The van der Waals surface area contributed by atoms with Crippen LogP contribution in [0.3, 0.4) is 0 Å². The minimum atomic E-state index is -0.799. The summed E-state index contributed by atoms with van der Waals surface area (Å²) in [7, 11) is 6.96. The molecular weight excluding hydrogens is 448 g/mol. The van der Waals surface area contributed by atoms with E-state index in [2.05, 4.69) is 0 Å². The largest absolute Gasteiger partial charge is 0.503 e. The molecule has 1 aromatic heterocycles. The Morgan fingerprint density at radius 1 is 1.09 bits per heavy atom. The van der Waals surface area contributed by atoms with Gasteiger partial charge >= 0.3 is 0 Å². The molecule has 2 heterocycles. The molecule has 1 amide bonds. The van der Waals surface area contributed by atoms with Crippen LogP contribution in [-0.4, -0.2) is 68.0 Å². The Morgan fingerprint density at radius 3 is 2.51 bits per heavy atom. The molecule has 35 heavy (non-hydrogen) atoms. The number of Topliss-reactive ketones (excluding diaryl/α,β-unsaturated/α-hetero) is 1. The van der Waals surface area contributed by atoms with Gasteiger partial charge in [-0.05, 0) is 69.9 Å². The number of ketones is 1. The van der Waals surface area contributed by atoms with Crippen molar-refractivity contribution in [2.75, 3.05) is 41.4 Å². The average Bonchev–Trinajstić information content (AvgIpc) is 3.37. The number of hydrogen-bond acceptors (Lipinski definition) is 7. The number of furan rings is 1. The summed E-state index contributed by atoms with van der Waals surface area (Å²) in [6, 6.07) is 11.7. The number of hydrogen-bond donors (Lipinski definition) is 1. The number of benzene rings is 2. The SMILES string of the molecule is COc1ccc(C2C(C(=O)c3cc4cc(C)ccc4o3)=C(O)C(=O)N2CCCN(C)C)cc1OC. The van der Waals surface area contributed by atoms with E-state index >= 15 is 0 Å². The van der Waals surface area contributed by atoms with E-state index < -0.39 is 23.5 Å². The molecule has 184 valence electrons. The summed E-state index contributed by atoms with van der Waals surface area (Å²) in [5, 5.41) is 11.7. The van der Waals surface area contributed by atoms with Crippen molar-refractivity contribution >= 4 is 22.7 Å². The molecule has 0 spiro atoms. The summed E-state index contributed by atoms with van der Waals surface area (Å²) < 4.78 is 16.6. The number of ether oxygens (including phenoxy) is 2. The molecule has 0 bridgehead atoms. The van der Waals surface area contributed by atoms with E-state index in [1.807, 2.05) is 38.1 Å². The van der Waals surface area contributed by atoms with Gasteiger partial charge in [-0.25, -0.2) is 0 Å². The first-order valence-corrected chi connectivity index (χ1v) is 11.4. The van der Waals surface area contributed by atoms with E-state index in [0.717, 1.165) is 17.5 Å². The maximum Gasteiger partial charge on any atom is 0.290 e. The van der Waals surface area contributed by atoms with Crippen molar-refractivity contribution in [1.29, 1.82) is 0 Å². The third-order valence-electron chi connectivity index (χ3n) is 6.17. The topological polar surface area (TPSA) is 92.5 Å². The minimum absolute atomic E-state index is 0.0112. The number of methoxy groups -OCH3 is 2. The Hall–Kier alpha value is -3.78. The van der Waals surface area contributed by atoms with Gasteiger partial charge in [0.05, 0.1) is 25.8 Å². The Kier molecular flexibility index (Phi) is 6.84. The fourth-order valence-corrected chi connectivity index (χ4v) is 4.45. The molecular formula is C27H30N2O6. The highest BCUT2D eigenvalue weighted by Gasteiger charge is 2.44. The second-order valence-corrected chi connectivity index (χ2v) is 8.92. The zero-order valence-corrected chi connectivity index (χ0v) is 20.6. The zero-order valence-electron chi connectivity index (χ0n) is 20.6. The number of amides is 1. The van der Waals surface area contributed by atoms with Crippen LogP contribution >= 0.6 is 0 Å². The molecule has 0 radical (unpaired) electrons. The number of carbonyl (C=O) groups is 2. The summed E-state index contributed by atoms with van der Waals surface area (Å²) in [5.74, 6) is -0.619. The lowest BCUT2D eigenvalue weighted by atomic mass is 9.94. The second-order valence-electron chi connectivity index (χ2n) is 8.92. The van der Waals surface area contributed by atoms with Gasteiger partial charge in [-0.1, -0.05) is 17.7 Å². The van der Waals surface area contributed by atoms with Crippen LogP contribution in [-0.2, 0) is 4.79 Å². The second kappa shape index (κ2) is 9.84. The van der Waals surface area contributed by atoms with Crippen molar-refractivity contribution in [1.82, 2.24) is 9.80 Å². The summed E-state index contributed by atoms with van der Waals surface area (Å²) in [4.78, 5) is 30.4. The van der Waals surface area contributed by atoms with Gasteiger partial charge in [-0.15, -0.1) is 0 Å². The zero-order chi connectivity index (χ0) is 25.3. The molecule has 3 aromatic rings. The van der Waals surface area contributed by atoms with E-state index in [4.69, 9.17) is 13.9 Å². The van der Waals surface area contributed by atoms with Gasteiger partial charge < -0.3 is 28.8 Å². The maximum atomic E-state index is 13.7. The molecule has 0 saturated carbocycles. The fourth-order valence-electron chi connectivity index (χ4n) is 4.45. The van der Waals surface area contributed by atoms with E-state index in [1.165, 1.54) is 19.1 Å². The predicted octanol–water partition coefficient (Wildman–Crippen LogP) is 4.29. The molecule has 1 aliphatic rings. The molecule has 1 N–H and O–H groups in total. The van der Waals surface area contributed by atoms with Crippen molar-refractivity contribution < 1.29 is 28.6 Å². The molecule has 1 unspecified atom stereocenters. The molecule has 8 nitrogen and oxygen atoms in total. The van der Waals surface area contributed by atoms with Gasteiger partial charge in [-0.2, -0.15) is 0 Å². The van der Waals surface area contributed by atoms with E-state index in [-0.39, 0.29) is 11.3 Å². The van der Waals surface area contributed by atoms with E-state index in [1.54, 1.807) is 30.3 Å². The van der Waals surface area contributed by atoms with Gasteiger partial charge in [0.15, 0.2) is 23.0 Å². The van der Waals surface area contributed by atoms with Crippen LogP contribution in [0, 0.1) is 6.92 Å². The highest BCUT2D eigenvalue weighted by Crippen LogP contribution is 2.42. The van der Waals surface area contributed by atoms with E-state index in [0.29, 0.717) is 35.6 Å². The fraction of sp³-hybridized carbons (Fsp3) is 0.333. The lowest BCUT2D eigenvalue weighted by Gasteiger charge is -2.27. The lowest BCUT2D eigenvalue weighted by Crippen LogP contribution is -2.33. The highest BCUT2D eigenvalue weighted by molar-refractivity contribution is 6.16. The highest BCUT2D eigenvalue weighted by atomic mass is 16.5. The molecule has 0 aliphatic carbocycles. The van der Waals surface area contributed by atoms with Gasteiger partial charge in [0, 0.05) is 11.9 Å². The number of rotatable bonds is 9. The number of aryl methyl sites for hydroxylation is 1. The molecule has 2 aromatic carbocycles. The summed E-state index contributed by atoms with van der Waals surface area (Å²) >= 11 is 0. The van der Waals surface area contributed by atoms with Crippen LogP contribution in [0.5, 0.6) is 11.5 Å². The van der Waals surface area contributed by atoms with Crippen LogP contribution in [0.15, 0.2) is 58.2 Å². The molecule has 1 atom stereocenters. The number of carbonyl (C=O) groups excluding carboxylic acids is 2. The van der Waals surface area contributed by atoms with Gasteiger partial charge in [0.2, 0.25) is 5.78 Å². The van der Waals surface area contributed by atoms with Crippen LogP contribution in [0.1, 0.15) is 34.1 Å². The Bertz CT molecular complexity index is 1310. The maximum absolute atomic E-state index is 13.7.